The fraction of sp³-hybridized carbons (Fsp3) is 0.657. The molecule has 1 aromatic rings. The molecule has 3 unspecified atom stereocenters. The van der Waals surface area contributed by atoms with E-state index >= 15 is 0 Å². The molecule has 1 nitrogen and oxygen atoms in total. The van der Waals surface area contributed by atoms with Crippen molar-refractivity contribution in [2.75, 3.05) is 6.54 Å². The van der Waals surface area contributed by atoms with Crippen molar-refractivity contribution >= 4 is 0 Å². The van der Waals surface area contributed by atoms with Crippen molar-refractivity contribution in [1.82, 2.24) is 5.32 Å². The van der Waals surface area contributed by atoms with E-state index < -0.39 is 0 Å². The van der Waals surface area contributed by atoms with Crippen molar-refractivity contribution in [3.05, 3.63) is 72.4 Å². The molecule has 0 aliphatic heterocycles. The fourth-order valence-corrected chi connectivity index (χ4v) is 5.92. The van der Waals surface area contributed by atoms with Crippen LogP contribution in [-0.4, -0.2) is 12.6 Å². The smallest absolute Gasteiger partial charge is 0.00699 e. The first-order chi connectivity index (χ1) is 17.3. The molecule has 3 atom stereocenters. The zero-order chi connectivity index (χ0) is 26.8. The van der Waals surface area contributed by atoms with Gasteiger partial charge in [-0.15, -0.1) is 6.58 Å². The van der Waals surface area contributed by atoms with Crippen LogP contribution in [0.3, 0.4) is 0 Å². The van der Waals surface area contributed by atoms with Crippen LogP contribution in [0.15, 0.2) is 66.8 Å². The van der Waals surface area contributed by atoms with Gasteiger partial charge < -0.3 is 5.32 Å². The van der Waals surface area contributed by atoms with Crippen molar-refractivity contribution in [2.45, 2.75) is 124 Å². The molecule has 1 aromatic carbocycles. The van der Waals surface area contributed by atoms with Gasteiger partial charge in [0.15, 0.2) is 0 Å². The van der Waals surface area contributed by atoms with Gasteiger partial charge in [0.1, 0.15) is 0 Å². The molecule has 3 rings (SSSR count). The van der Waals surface area contributed by atoms with E-state index in [1.807, 2.05) is 27.7 Å². The maximum atomic E-state index is 4.58. The lowest BCUT2D eigenvalue weighted by Gasteiger charge is -2.32. The van der Waals surface area contributed by atoms with E-state index in [9.17, 15) is 0 Å². The molecule has 2 aliphatic rings. The van der Waals surface area contributed by atoms with Gasteiger partial charge in [0.25, 0.3) is 0 Å². The summed E-state index contributed by atoms with van der Waals surface area (Å²) in [6.07, 6.45) is 17.7. The Balaban J connectivity index is 0.000000982. The van der Waals surface area contributed by atoms with Gasteiger partial charge in [-0.2, -0.15) is 0 Å². The average molecular weight is 494 g/mol. The summed E-state index contributed by atoms with van der Waals surface area (Å²) in [5.41, 5.74) is 5.41. The summed E-state index contributed by atoms with van der Waals surface area (Å²) in [6.45, 7) is 23.7. The SMILES string of the molecule is C=C(C)C.C=C(C)C(CCC1CCCCC1)C(=C)CC1CCCC(NCCc2ccccc2)C1.CC. The first-order valence-electron chi connectivity index (χ1n) is 15.1. The van der Waals surface area contributed by atoms with E-state index in [0.717, 1.165) is 24.8 Å². The highest BCUT2D eigenvalue weighted by atomic mass is 14.9. The second-order valence-corrected chi connectivity index (χ2v) is 11.5. The third kappa shape index (κ3) is 14.2. The van der Waals surface area contributed by atoms with Crippen molar-refractivity contribution in [3.8, 4) is 0 Å². The summed E-state index contributed by atoms with van der Waals surface area (Å²) in [4.78, 5) is 0. The van der Waals surface area contributed by atoms with Crippen molar-refractivity contribution in [2.24, 2.45) is 17.8 Å². The highest BCUT2D eigenvalue weighted by molar-refractivity contribution is 5.16. The number of rotatable bonds is 11. The third-order valence-electron chi connectivity index (χ3n) is 7.70. The molecule has 0 saturated heterocycles. The number of nitrogens with one attached hydrogen (secondary N) is 1. The second-order valence-electron chi connectivity index (χ2n) is 11.5. The van der Waals surface area contributed by atoms with Crippen molar-refractivity contribution in [3.63, 3.8) is 0 Å². The molecule has 0 bridgehead atoms. The predicted octanol–water partition coefficient (Wildman–Crippen LogP) is 10.5. The molecule has 36 heavy (non-hydrogen) atoms. The van der Waals surface area contributed by atoms with Gasteiger partial charge in [0.05, 0.1) is 0 Å². The highest BCUT2D eigenvalue weighted by Crippen LogP contribution is 2.36. The Kier molecular flexibility index (Phi) is 17.6. The zero-order valence-corrected chi connectivity index (χ0v) is 24.7. The molecule has 2 fully saturated rings. The minimum Gasteiger partial charge on any atom is -0.314 e. The molecule has 0 heterocycles. The van der Waals surface area contributed by atoms with E-state index in [0.29, 0.717) is 12.0 Å². The normalized spacial score (nSPS) is 20.7. The number of hydrogen-bond acceptors (Lipinski definition) is 1. The van der Waals surface area contributed by atoms with Crippen LogP contribution in [0.2, 0.25) is 0 Å². The average Bonchev–Trinajstić information content (AvgIpc) is 2.86. The van der Waals surface area contributed by atoms with Crippen molar-refractivity contribution < 1.29 is 0 Å². The molecule has 0 spiro atoms. The molecular weight excluding hydrogens is 434 g/mol. The van der Waals surface area contributed by atoms with Gasteiger partial charge in [0.2, 0.25) is 0 Å². The zero-order valence-electron chi connectivity index (χ0n) is 24.7. The van der Waals surface area contributed by atoms with E-state index in [4.69, 9.17) is 0 Å². The quantitative estimate of drug-likeness (QED) is 0.302. The molecule has 2 aliphatic carbocycles. The van der Waals surface area contributed by atoms with Crippen LogP contribution in [0.25, 0.3) is 0 Å². The van der Waals surface area contributed by atoms with Crippen LogP contribution in [0.5, 0.6) is 0 Å². The molecule has 2 saturated carbocycles. The van der Waals surface area contributed by atoms with Crippen LogP contribution < -0.4 is 5.32 Å². The van der Waals surface area contributed by atoms with Crippen LogP contribution >= 0.6 is 0 Å². The Hall–Kier alpha value is -1.60. The van der Waals surface area contributed by atoms with Gasteiger partial charge >= 0.3 is 0 Å². The maximum Gasteiger partial charge on any atom is 0.00699 e. The standard InChI is InChI=1S/C29H45N.C4H8.C2H6/c1-23(2)29(18-17-25-11-6-4-7-12-25)24(3)21-27-15-10-16-28(22-27)30-20-19-26-13-8-5-9-14-26;1-4(2)3;1-2/h5,8-9,13-14,25,27-30H,1,3-4,6-7,10-12,15-22H2,2H3;1H2,2-3H3;1-2H3. The van der Waals surface area contributed by atoms with Crippen LogP contribution in [0, 0.1) is 17.8 Å². The summed E-state index contributed by atoms with van der Waals surface area (Å²) < 4.78 is 0. The Bertz CT molecular complexity index is 720. The van der Waals surface area contributed by atoms with Gasteiger partial charge in [-0.1, -0.05) is 119 Å². The predicted molar refractivity (Wildman–Crippen MR) is 164 cm³/mol. The lowest BCUT2D eigenvalue weighted by molar-refractivity contribution is 0.277. The summed E-state index contributed by atoms with van der Waals surface area (Å²) in [5.74, 6) is 2.30. The van der Waals surface area contributed by atoms with Gasteiger partial charge in [-0.3, -0.25) is 0 Å². The monoisotopic (exact) mass is 493 g/mol. The summed E-state index contributed by atoms with van der Waals surface area (Å²) in [6, 6.07) is 11.5. The van der Waals surface area contributed by atoms with Gasteiger partial charge in [-0.05, 0) is 89.2 Å². The van der Waals surface area contributed by atoms with E-state index in [1.165, 1.54) is 99.3 Å². The van der Waals surface area contributed by atoms with Gasteiger partial charge in [-0.25, -0.2) is 0 Å². The Labute approximate surface area is 225 Å². The molecule has 0 radical (unpaired) electrons. The molecule has 1 heteroatoms. The van der Waals surface area contributed by atoms with E-state index in [1.54, 1.807) is 0 Å². The Morgan fingerprint density at radius 2 is 1.47 bits per heavy atom. The first-order valence-corrected chi connectivity index (χ1v) is 15.1. The van der Waals surface area contributed by atoms with Crippen LogP contribution in [-0.2, 0) is 6.42 Å². The number of benzene rings is 1. The third-order valence-corrected chi connectivity index (χ3v) is 7.70. The number of hydrogen-bond donors (Lipinski definition) is 1. The van der Waals surface area contributed by atoms with Gasteiger partial charge in [0, 0.05) is 6.04 Å². The molecular formula is C35H59N. The minimum absolute atomic E-state index is 0.540. The molecule has 0 aromatic heterocycles. The first kappa shape index (κ1) is 32.4. The minimum atomic E-state index is 0.540. The molecule has 204 valence electrons. The van der Waals surface area contributed by atoms with Crippen molar-refractivity contribution in [1.29, 1.82) is 0 Å². The van der Waals surface area contributed by atoms with E-state index in [-0.39, 0.29) is 0 Å². The summed E-state index contributed by atoms with van der Waals surface area (Å²) in [5, 5.41) is 3.85. The summed E-state index contributed by atoms with van der Waals surface area (Å²) >= 11 is 0. The van der Waals surface area contributed by atoms with Crippen LogP contribution in [0.1, 0.15) is 117 Å². The highest BCUT2D eigenvalue weighted by Gasteiger charge is 2.25. The Morgan fingerprint density at radius 1 is 0.861 bits per heavy atom. The molecule has 1 N–H and O–H groups in total. The maximum absolute atomic E-state index is 4.58. The lowest BCUT2D eigenvalue weighted by Crippen LogP contribution is -2.35. The summed E-state index contributed by atoms with van der Waals surface area (Å²) in [7, 11) is 0. The lowest BCUT2D eigenvalue weighted by atomic mass is 9.76. The van der Waals surface area contributed by atoms with E-state index in [2.05, 4.69) is 62.3 Å². The molecule has 0 amide bonds. The largest absolute Gasteiger partial charge is 0.314 e. The second kappa shape index (κ2) is 19.5. The number of allylic oxidation sites excluding steroid dienone is 3. The Morgan fingerprint density at radius 3 is 2.08 bits per heavy atom. The fourth-order valence-electron chi connectivity index (χ4n) is 5.92. The topological polar surface area (TPSA) is 12.0 Å². The van der Waals surface area contributed by atoms with Crippen LogP contribution in [0.4, 0.5) is 0 Å².